The van der Waals surface area contributed by atoms with E-state index >= 15 is 0 Å². The molecule has 4 heteroatoms. The molecule has 0 fully saturated rings. The van der Waals surface area contributed by atoms with Crippen LogP contribution < -0.4 is 14.8 Å². The van der Waals surface area contributed by atoms with Gasteiger partial charge >= 0.3 is 0 Å². The predicted octanol–water partition coefficient (Wildman–Crippen LogP) is 5.18. The number of nitrogens with one attached hydrogen (secondary N) is 1. The van der Waals surface area contributed by atoms with Gasteiger partial charge in [0, 0.05) is 6.42 Å². The number of hydrogen-bond donors (Lipinski definition) is 1. The van der Waals surface area contributed by atoms with Gasteiger partial charge in [0.25, 0.3) is 0 Å². The largest absolute Gasteiger partial charge is 0.495 e. The van der Waals surface area contributed by atoms with Gasteiger partial charge in [-0.1, -0.05) is 45.0 Å². The third kappa shape index (κ3) is 5.51. The maximum absolute atomic E-state index is 12.1. The molecule has 0 aliphatic rings. The van der Waals surface area contributed by atoms with Crippen LogP contribution in [0.25, 0.3) is 0 Å². The van der Waals surface area contributed by atoms with E-state index in [1.807, 2.05) is 36.4 Å². The van der Waals surface area contributed by atoms with Crippen LogP contribution >= 0.6 is 0 Å². The lowest BCUT2D eigenvalue weighted by molar-refractivity contribution is -0.116. The van der Waals surface area contributed by atoms with Crippen molar-refractivity contribution in [1.29, 1.82) is 0 Å². The molecule has 0 saturated carbocycles. The zero-order valence-electron chi connectivity index (χ0n) is 16.2. The Hall–Kier alpha value is -2.49. The minimum absolute atomic E-state index is 0.0434. The van der Waals surface area contributed by atoms with Crippen molar-refractivity contribution in [3.63, 3.8) is 0 Å². The Labute approximate surface area is 156 Å². The zero-order valence-corrected chi connectivity index (χ0v) is 16.2. The molecule has 140 valence electrons. The summed E-state index contributed by atoms with van der Waals surface area (Å²) in [6.45, 7) is 7.18. The Bertz CT molecular complexity index is 708. The Morgan fingerprint density at radius 2 is 1.77 bits per heavy atom. The smallest absolute Gasteiger partial charge is 0.224 e. The van der Waals surface area contributed by atoms with Gasteiger partial charge in [0.1, 0.15) is 11.5 Å². The molecule has 1 amide bonds. The van der Waals surface area contributed by atoms with Gasteiger partial charge in [0.05, 0.1) is 19.4 Å². The van der Waals surface area contributed by atoms with Crippen LogP contribution in [0.5, 0.6) is 11.5 Å². The van der Waals surface area contributed by atoms with Crippen molar-refractivity contribution in [3.8, 4) is 11.5 Å². The molecule has 0 aliphatic carbocycles. The van der Waals surface area contributed by atoms with Crippen molar-refractivity contribution >= 4 is 11.6 Å². The quantitative estimate of drug-likeness (QED) is 0.630. The first kappa shape index (κ1) is 19.8. The van der Waals surface area contributed by atoms with Crippen LogP contribution in [0.1, 0.15) is 45.6 Å². The molecule has 0 aromatic heterocycles. The van der Waals surface area contributed by atoms with Crippen LogP contribution in [0.15, 0.2) is 48.5 Å². The van der Waals surface area contributed by atoms with Crippen molar-refractivity contribution in [3.05, 3.63) is 54.1 Å². The number of anilines is 1. The second-order valence-electron chi connectivity index (χ2n) is 6.96. The van der Waals surface area contributed by atoms with Gasteiger partial charge in [-0.15, -0.1) is 0 Å². The van der Waals surface area contributed by atoms with Crippen molar-refractivity contribution in [2.24, 2.45) is 0 Å². The summed E-state index contributed by atoms with van der Waals surface area (Å²) >= 11 is 0. The van der Waals surface area contributed by atoms with Crippen LogP contribution in [0, 0.1) is 0 Å². The van der Waals surface area contributed by atoms with Crippen molar-refractivity contribution in [2.75, 3.05) is 19.0 Å². The highest BCUT2D eigenvalue weighted by molar-refractivity contribution is 5.92. The fourth-order valence-corrected chi connectivity index (χ4v) is 2.59. The number of methoxy groups -OCH3 is 1. The molecule has 0 spiro atoms. The highest BCUT2D eigenvalue weighted by atomic mass is 16.5. The molecular weight excluding hydrogens is 326 g/mol. The standard InChI is InChI=1S/C22H29NO3/c1-5-22(2,3)17-12-14-18(15-13-17)26-16-8-11-21(24)23-19-9-6-7-10-20(19)25-4/h6-7,9-10,12-15H,5,8,11,16H2,1-4H3,(H,23,24). The molecule has 4 nitrogen and oxygen atoms in total. The molecule has 0 heterocycles. The van der Waals surface area contributed by atoms with Gasteiger partial charge < -0.3 is 14.8 Å². The van der Waals surface area contributed by atoms with E-state index in [0.717, 1.165) is 12.2 Å². The first-order valence-corrected chi connectivity index (χ1v) is 9.12. The number of benzene rings is 2. The summed E-state index contributed by atoms with van der Waals surface area (Å²) in [6.07, 6.45) is 2.15. The summed E-state index contributed by atoms with van der Waals surface area (Å²) in [7, 11) is 1.59. The van der Waals surface area contributed by atoms with E-state index in [9.17, 15) is 4.79 Å². The maximum Gasteiger partial charge on any atom is 0.224 e. The van der Waals surface area contributed by atoms with Crippen molar-refractivity contribution in [2.45, 2.75) is 45.4 Å². The molecule has 26 heavy (non-hydrogen) atoms. The highest BCUT2D eigenvalue weighted by Gasteiger charge is 2.17. The highest BCUT2D eigenvalue weighted by Crippen LogP contribution is 2.28. The molecule has 2 rings (SSSR count). The monoisotopic (exact) mass is 355 g/mol. The van der Waals surface area contributed by atoms with Crippen molar-refractivity contribution < 1.29 is 14.3 Å². The Balaban J connectivity index is 1.75. The molecule has 0 saturated heterocycles. The van der Waals surface area contributed by atoms with Crippen LogP contribution in [-0.2, 0) is 10.2 Å². The third-order valence-corrected chi connectivity index (χ3v) is 4.72. The second kappa shape index (κ2) is 9.27. The van der Waals surface area contributed by atoms with Crippen LogP contribution in [0.2, 0.25) is 0 Å². The van der Waals surface area contributed by atoms with Gasteiger partial charge in [-0.2, -0.15) is 0 Å². The zero-order chi connectivity index (χ0) is 19.0. The molecule has 0 radical (unpaired) electrons. The third-order valence-electron chi connectivity index (χ3n) is 4.72. The lowest BCUT2D eigenvalue weighted by atomic mass is 9.82. The first-order chi connectivity index (χ1) is 12.5. The summed E-state index contributed by atoms with van der Waals surface area (Å²) in [6, 6.07) is 15.6. The summed E-state index contributed by atoms with van der Waals surface area (Å²) < 4.78 is 11.0. The fourth-order valence-electron chi connectivity index (χ4n) is 2.59. The van der Waals surface area contributed by atoms with Crippen LogP contribution in [0.3, 0.4) is 0 Å². The summed E-state index contributed by atoms with van der Waals surface area (Å²) in [5.41, 5.74) is 2.17. The van der Waals surface area contributed by atoms with E-state index in [-0.39, 0.29) is 11.3 Å². The minimum Gasteiger partial charge on any atom is -0.495 e. The second-order valence-corrected chi connectivity index (χ2v) is 6.96. The molecule has 0 aliphatic heterocycles. The molecule has 0 bridgehead atoms. The van der Waals surface area contributed by atoms with E-state index in [2.05, 4.69) is 38.2 Å². The molecule has 0 atom stereocenters. The average molecular weight is 355 g/mol. The topological polar surface area (TPSA) is 47.6 Å². The number of carbonyl (C=O) groups excluding carboxylic acids is 1. The summed E-state index contributed by atoms with van der Waals surface area (Å²) in [4.78, 5) is 12.1. The number of carbonyl (C=O) groups is 1. The molecular formula is C22H29NO3. The normalized spacial score (nSPS) is 11.1. The SMILES string of the molecule is CCC(C)(C)c1ccc(OCCCC(=O)Nc2ccccc2OC)cc1. The van der Waals surface area contributed by atoms with Gasteiger partial charge in [-0.25, -0.2) is 0 Å². The van der Waals surface area contributed by atoms with Crippen LogP contribution in [0.4, 0.5) is 5.69 Å². The molecule has 1 N–H and O–H groups in total. The summed E-state index contributed by atoms with van der Waals surface area (Å²) in [5, 5.41) is 2.87. The van der Waals surface area contributed by atoms with E-state index < -0.39 is 0 Å². The lowest BCUT2D eigenvalue weighted by Gasteiger charge is -2.23. The van der Waals surface area contributed by atoms with E-state index in [4.69, 9.17) is 9.47 Å². The van der Waals surface area contributed by atoms with Gasteiger partial charge in [-0.05, 0) is 48.1 Å². The van der Waals surface area contributed by atoms with Crippen molar-refractivity contribution in [1.82, 2.24) is 0 Å². The number of hydrogen-bond acceptors (Lipinski definition) is 3. The fraction of sp³-hybridized carbons (Fsp3) is 0.409. The van der Waals surface area contributed by atoms with Gasteiger partial charge in [-0.3, -0.25) is 4.79 Å². The number of rotatable bonds is 9. The van der Waals surface area contributed by atoms with E-state index in [0.29, 0.717) is 30.9 Å². The van der Waals surface area contributed by atoms with E-state index in [1.54, 1.807) is 7.11 Å². The Kier molecular flexibility index (Phi) is 7.07. The summed E-state index contributed by atoms with van der Waals surface area (Å²) in [5.74, 6) is 1.45. The Morgan fingerprint density at radius 3 is 2.42 bits per heavy atom. The predicted molar refractivity (Wildman–Crippen MR) is 106 cm³/mol. The number of ether oxygens (including phenoxy) is 2. The van der Waals surface area contributed by atoms with E-state index in [1.165, 1.54) is 5.56 Å². The minimum atomic E-state index is -0.0434. The lowest BCUT2D eigenvalue weighted by Crippen LogP contribution is -2.15. The van der Waals surface area contributed by atoms with Gasteiger partial charge in [0.15, 0.2) is 0 Å². The molecule has 2 aromatic carbocycles. The first-order valence-electron chi connectivity index (χ1n) is 9.12. The number of amides is 1. The molecule has 0 unspecified atom stereocenters. The van der Waals surface area contributed by atoms with Gasteiger partial charge in [0.2, 0.25) is 5.91 Å². The number of para-hydroxylation sites is 2. The maximum atomic E-state index is 12.1. The van der Waals surface area contributed by atoms with Crippen LogP contribution in [-0.4, -0.2) is 19.6 Å². The Morgan fingerprint density at radius 1 is 1.08 bits per heavy atom. The molecule has 2 aromatic rings. The average Bonchev–Trinajstić information content (AvgIpc) is 2.66.